The third-order valence-corrected chi connectivity index (χ3v) is 6.37. The fraction of sp³-hybridized carbons (Fsp3) is 0.217. The van der Waals surface area contributed by atoms with Crippen molar-refractivity contribution in [2.75, 3.05) is 11.9 Å². The van der Waals surface area contributed by atoms with Gasteiger partial charge in [-0.3, -0.25) is 4.98 Å². The average molecular weight is 510 g/mol. The van der Waals surface area contributed by atoms with Crippen LogP contribution in [0.4, 0.5) is 11.4 Å². The highest BCUT2D eigenvalue weighted by molar-refractivity contribution is 14.1. The molecule has 1 N–H and O–H groups in total. The minimum atomic E-state index is 0.595. The van der Waals surface area contributed by atoms with Gasteiger partial charge in [-0.15, -0.1) is 10.2 Å². The molecule has 7 heteroatoms. The fourth-order valence-electron chi connectivity index (χ4n) is 3.49. The predicted molar refractivity (Wildman–Crippen MR) is 129 cm³/mol. The summed E-state index contributed by atoms with van der Waals surface area (Å²) in [6, 6.07) is 18.9. The number of benzene rings is 2. The van der Waals surface area contributed by atoms with E-state index in [4.69, 9.17) is 4.98 Å². The molecule has 152 valence electrons. The number of hydrogen-bond acceptors (Lipinski definition) is 5. The number of aromatic amines is 1. The molecule has 0 spiro atoms. The zero-order valence-corrected chi connectivity index (χ0v) is 19.4. The van der Waals surface area contributed by atoms with Crippen molar-refractivity contribution in [3.8, 4) is 22.5 Å². The van der Waals surface area contributed by atoms with E-state index >= 15 is 0 Å². The molecule has 0 saturated carbocycles. The summed E-state index contributed by atoms with van der Waals surface area (Å²) in [5.41, 5.74) is 7.75. The first-order chi connectivity index (χ1) is 14.6. The average Bonchev–Trinajstić information content (AvgIpc) is 3.34. The minimum absolute atomic E-state index is 0.595. The van der Waals surface area contributed by atoms with Crippen molar-refractivity contribution in [3.63, 3.8) is 0 Å². The first kappa shape index (κ1) is 20.5. The zero-order chi connectivity index (χ0) is 21.1. The van der Waals surface area contributed by atoms with Gasteiger partial charge in [0.2, 0.25) is 5.82 Å². The summed E-state index contributed by atoms with van der Waals surface area (Å²) in [6.07, 6.45) is 1.86. The van der Waals surface area contributed by atoms with Crippen LogP contribution >= 0.6 is 22.6 Å². The van der Waals surface area contributed by atoms with Crippen molar-refractivity contribution in [2.24, 2.45) is 0 Å². The van der Waals surface area contributed by atoms with E-state index in [2.05, 4.69) is 105 Å². The molecular weight excluding hydrogens is 487 g/mol. The topological polar surface area (TPSA) is 70.6 Å². The molecule has 6 nitrogen and oxygen atoms in total. The van der Waals surface area contributed by atoms with Gasteiger partial charge in [-0.05, 0) is 70.0 Å². The van der Waals surface area contributed by atoms with E-state index < -0.39 is 0 Å². The maximum absolute atomic E-state index is 4.78. The molecule has 2 aromatic heterocycles. The standard InChI is InChI=1S/C23H23IN6/c1-4-16-14-21(22(24)20(5-2)25-16)30(3)17-12-10-15(11-13-17)18-8-6-7-9-19(18)23-26-28-29-27-23/h6-14H,4-5H2,1-3H3,(H,26,27,28,29). The van der Waals surface area contributed by atoms with Crippen LogP contribution in [-0.2, 0) is 12.8 Å². The summed E-state index contributed by atoms with van der Waals surface area (Å²) >= 11 is 2.42. The van der Waals surface area contributed by atoms with Gasteiger partial charge in [0.25, 0.3) is 0 Å². The first-order valence-electron chi connectivity index (χ1n) is 9.97. The Morgan fingerprint density at radius 1 is 0.967 bits per heavy atom. The van der Waals surface area contributed by atoms with Crippen molar-refractivity contribution >= 4 is 34.0 Å². The van der Waals surface area contributed by atoms with Crippen LogP contribution < -0.4 is 4.90 Å². The van der Waals surface area contributed by atoms with Crippen LogP contribution in [0.5, 0.6) is 0 Å². The number of rotatable bonds is 6. The van der Waals surface area contributed by atoms with Crippen molar-refractivity contribution in [2.45, 2.75) is 26.7 Å². The maximum Gasteiger partial charge on any atom is 0.205 e. The summed E-state index contributed by atoms with van der Waals surface area (Å²) in [5, 5.41) is 14.5. The lowest BCUT2D eigenvalue weighted by atomic mass is 9.99. The molecule has 0 fully saturated rings. The highest BCUT2D eigenvalue weighted by atomic mass is 127. The molecule has 0 amide bonds. The number of anilines is 2. The number of pyridine rings is 1. The first-order valence-corrected chi connectivity index (χ1v) is 11.1. The molecule has 0 aliphatic rings. The van der Waals surface area contributed by atoms with Crippen LogP contribution in [0.25, 0.3) is 22.5 Å². The van der Waals surface area contributed by atoms with E-state index in [1.54, 1.807) is 0 Å². The predicted octanol–water partition coefficient (Wildman–Crippen LogP) is 5.43. The molecule has 4 aromatic rings. The second-order valence-electron chi connectivity index (χ2n) is 6.99. The SMILES string of the molecule is CCc1cc(N(C)c2ccc(-c3ccccc3-c3nn[nH]n3)cc2)c(I)c(CC)n1. The van der Waals surface area contributed by atoms with Crippen LogP contribution in [0.2, 0.25) is 0 Å². The van der Waals surface area contributed by atoms with E-state index in [1.165, 1.54) is 9.26 Å². The zero-order valence-electron chi connectivity index (χ0n) is 17.2. The molecule has 2 aromatic carbocycles. The highest BCUT2D eigenvalue weighted by Gasteiger charge is 2.15. The molecule has 0 unspecified atom stereocenters. The van der Waals surface area contributed by atoms with Crippen molar-refractivity contribution in [3.05, 3.63) is 69.6 Å². The summed E-state index contributed by atoms with van der Waals surface area (Å²) < 4.78 is 1.21. The molecule has 0 radical (unpaired) electrons. The second-order valence-corrected chi connectivity index (χ2v) is 8.07. The Morgan fingerprint density at radius 2 is 1.70 bits per heavy atom. The normalized spacial score (nSPS) is 10.9. The lowest BCUT2D eigenvalue weighted by molar-refractivity contribution is 0.881. The van der Waals surface area contributed by atoms with Crippen LogP contribution in [0.3, 0.4) is 0 Å². The van der Waals surface area contributed by atoms with Gasteiger partial charge in [-0.2, -0.15) is 5.21 Å². The number of aryl methyl sites for hydroxylation is 2. The largest absolute Gasteiger partial charge is 0.344 e. The number of aromatic nitrogens is 5. The lowest BCUT2D eigenvalue weighted by Crippen LogP contribution is -2.13. The molecule has 0 bridgehead atoms. The van der Waals surface area contributed by atoms with Gasteiger partial charge in [0, 0.05) is 24.0 Å². The van der Waals surface area contributed by atoms with E-state index in [9.17, 15) is 0 Å². The number of halogens is 1. The molecule has 30 heavy (non-hydrogen) atoms. The summed E-state index contributed by atoms with van der Waals surface area (Å²) in [6.45, 7) is 4.30. The smallest absolute Gasteiger partial charge is 0.205 e. The lowest BCUT2D eigenvalue weighted by Gasteiger charge is -2.23. The van der Waals surface area contributed by atoms with Crippen LogP contribution in [-0.4, -0.2) is 32.7 Å². The molecule has 2 heterocycles. The second kappa shape index (κ2) is 8.91. The Kier molecular flexibility index (Phi) is 6.08. The van der Waals surface area contributed by atoms with Gasteiger partial charge in [-0.25, -0.2) is 0 Å². The molecule has 0 saturated heterocycles. The Morgan fingerprint density at radius 3 is 2.33 bits per heavy atom. The minimum Gasteiger partial charge on any atom is -0.344 e. The molecule has 0 aliphatic heterocycles. The number of tetrazole rings is 1. The Labute approximate surface area is 189 Å². The molecule has 0 aliphatic carbocycles. The Hall–Kier alpha value is -2.81. The monoisotopic (exact) mass is 510 g/mol. The third-order valence-electron chi connectivity index (χ3n) is 5.20. The molecular formula is C23H23IN6. The van der Waals surface area contributed by atoms with Crippen molar-refractivity contribution < 1.29 is 0 Å². The van der Waals surface area contributed by atoms with Crippen LogP contribution in [0.15, 0.2) is 54.6 Å². The van der Waals surface area contributed by atoms with E-state index in [1.807, 2.05) is 18.2 Å². The molecule has 0 atom stereocenters. The Balaban J connectivity index is 1.69. The van der Waals surface area contributed by atoms with Gasteiger partial charge < -0.3 is 4.90 Å². The van der Waals surface area contributed by atoms with Gasteiger partial charge >= 0.3 is 0 Å². The van der Waals surface area contributed by atoms with E-state index in [0.29, 0.717) is 5.82 Å². The van der Waals surface area contributed by atoms with E-state index in [0.717, 1.165) is 46.6 Å². The van der Waals surface area contributed by atoms with Crippen molar-refractivity contribution in [1.82, 2.24) is 25.6 Å². The van der Waals surface area contributed by atoms with E-state index in [-0.39, 0.29) is 0 Å². The number of hydrogen-bond donors (Lipinski definition) is 1. The number of H-pyrrole nitrogens is 1. The van der Waals surface area contributed by atoms with Gasteiger partial charge in [0.15, 0.2) is 0 Å². The van der Waals surface area contributed by atoms with Crippen molar-refractivity contribution in [1.29, 1.82) is 0 Å². The summed E-state index contributed by atoms with van der Waals surface area (Å²) in [4.78, 5) is 7.01. The maximum atomic E-state index is 4.78. The fourth-order valence-corrected chi connectivity index (χ4v) is 4.51. The third kappa shape index (κ3) is 3.94. The van der Waals surface area contributed by atoms with Gasteiger partial charge in [0.05, 0.1) is 15.0 Å². The van der Waals surface area contributed by atoms with Crippen LogP contribution in [0.1, 0.15) is 25.2 Å². The van der Waals surface area contributed by atoms with Gasteiger partial charge in [0.1, 0.15) is 0 Å². The van der Waals surface area contributed by atoms with Crippen LogP contribution in [0, 0.1) is 3.57 Å². The summed E-state index contributed by atoms with van der Waals surface area (Å²) in [5.74, 6) is 0.595. The Bertz CT molecular complexity index is 1140. The number of nitrogens with zero attached hydrogens (tertiary/aromatic N) is 5. The highest BCUT2D eigenvalue weighted by Crippen LogP contribution is 2.34. The quantitative estimate of drug-likeness (QED) is 0.351. The number of nitrogens with one attached hydrogen (secondary N) is 1. The summed E-state index contributed by atoms with van der Waals surface area (Å²) in [7, 11) is 2.11. The molecule has 4 rings (SSSR count). The van der Waals surface area contributed by atoms with Gasteiger partial charge in [-0.1, -0.05) is 50.2 Å².